The van der Waals surface area contributed by atoms with Crippen molar-refractivity contribution in [2.75, 3.05) is 19.7 Å². The second-order valence-electron chi connectivity index (χ2n) is 6.29. The lowest BCUT2D eigenvalue weighted by molar-refractivity contribution is -0.297. The van der Waals surface area contributed by atoms with Crippen LogP contribution in [-0.2, 0) is 9.47 Å². The number of hydrogen-bond acceptors (Lipinski definition) is 6. The Hall–Kier alpha value is -0.240. The van der Waals surface area contributed by atoms with E-state index in [4.69, 9.17) is 9.47 Å². The minimum absolute atomic E-state index is 0.298. The highest BCUT2D eigenvalue weighted by atomic mass is 16.7. The van der Waals surface area contributed by atoms with Gasteiger partial charge >= 0.3 is 0 Å². The van der Waals surface area contributed by atoms with Crippen LogP contribution < -0.4 is 5.32 Å². The number of aliphatic hydroxyl groups is 3. The van der Waals surface area contributed by atoms with E-state index in [9.17, 15) is 15.3 Å². The van der Waals surface area contributed by atoms with Gasteiger partial charge in [-0.25, -0.2) is 0 Å². The number of nitrogens with one attached hydrogen (secondary N) is 1. The van der Waals surface area contributed by atoms with Gasteiger partial charge in [0, 0.05) is 6.54 Å². The highest BCUT2D eigenvalue weighted by molar-refractivity contribution is 4.90. The summed E-state index contributed by atoms with van der Waals surface area (Å²) in [5.74, 6) is 0.784. The minimum atomic E-state index is -1.26. The molecule has 0 saturated carbocycles. The maximum absolute atomic E-state index is 9.94. The van der Waals surface area contributed by atoms with Crippen molar-refractivity contribution in [3.05, 3.63) is 0 Å². The lowest BCUT2D eigenvalue weighted by atomic mass is 9.98. The fourth-order valence-electron chi connectivity index (χ4n) is 2.02. The molecule has 0 spiro atoms. The van der Waals surface area contributed by atoms with E-state index >= 15 is 0 Å². The molecule has 1 aliphatic rings. The van der Waals surface area contributed by atoms with Crippen molar-refractivity contribution in [1.29, 1.82) is 0 Å². The van der Waals surface area contributed by atoms with Crippen LogP contribution in [0.15, 0.2) is 0 Å². The Labute approximate surface area is 121 Å². The first-order valence-corrected chi connectivity index (χ1v) is 7.34. The van der Waals surface area contributed by atoms with Gasteiger partial charge < -0.3 is 30.1 Å². The Morgan fingerprint density at radius 2 is 1.65 bits per heavy atom. The van der Waals surface area contributed by atoms with E-state index in [0.29, 0.717) is 25.0 Å². The van der Waals surface area contributed by atoms with Crippen molar-refractivity contribution in [2.24, 2.45) is 11.8 Å². The number of hydrogen-bond donors (Lipinski definition) is 4. The van der Waals surface area contributed by atoms with Crippen molar-refractivity contribution >= 4 is 0 Å². The highest BCUT2D eigenvalue weighted by Gasteiger charge is 2.44. The Morgan fingerprint density at radius 1 is 1.00 bits per heavy atom. The van der Waals surface area contributed by atoms with Crippen molar-refractivity contribution in [2.45, 2.75) is 58.4 Å². The van der Waals surface area contributed by atoms with Crippen LogP contribution in [0.1, 0.15) is 27.7 Å². The molecule has 4 N–H and O–H groups in total. The molecule has 120 valence electrons. The van der Waals surface area contributed by atoms with E-state index in [1.807, 2.05) is 13.8 Å². The highest BCUT2D eigenvalue weighted by Crippen LogP contribution is 2.22. The molecule has 1 heterocycles. The van der Waals surface area contributed by atoms with Crippen molar-refractivity contribution in [1.82, 2.24) is 5.32 Å². The van der Waals surface area contributed by atoms with Crippen LogP contribution in [0, 0.1) is 11.8 Å². The molecular weight excluding hydrogens is 262 g/mol. The van der Waals surface area contributed by atoms with Gasteiger partial charge in [0.15, 0.2) is 6.29 Å². The predicted molar refractivity (Wildman–Crippen MR) is 75.2 cm³/mol. The van der Waals surface area contributed by atoms with E-state index in [2.05, 4.69) is 19.2 Å². The lowest BCUT2D eigenvalue weighted by Gasteiger charge is -2.40. The smallest absolute Gasteiger partial charge is 0.186 e. The molecule has 1 saturated heterocycles. The number of ether oxygens (including phenoxy) is 2. The molecule has 0 aliphatic carbocycles. The summed E-state index contributed by atoms with van der Waals surface area (Å²) in [5.41, 5.74) is 0. The number of rotatable bonds is 7. The molecule has 0 aromatic heterocycles. The summed E-state index contributed by atoms with van der Waals surface area (Å²) < 4.78 is 11.0. The predicted octanol–water partition coefficient (Wildman–Crippen LogP) is -0.288. The molecule has 6 heteroatoms. The van der Waals surface area contributed by atoms with E-state index in [1.54, 1.807) is 0 Å². The topological polar surface area (TPSA) is 91.2 Å². The Kier molecular flexibility index (Phi) is 7.36. The molecule has 1 fully saturated rings. The molecule has 0 bridgehead atoms. The standard InChI is InChI=1S/C14H29NO5/c1-8(2)5-15-6-10-11(16)12(17)13(18)14(20-10)19-7-9(3)4/h8-18H,5-7H2,1-4H3/t10-,11-,12+,13-,14?/m1/s1. The van der Waals surface area contributed by atoms with E-state index in [0.717, 1.165) is 6.54 Å². The number of aliphatic hydroxyl groups excluding tert-OH is 3. The first kappa shape index (κ1) is 17.8. The van der Waals surface area contributed by atoms with Crippen LogP contribution >= 0.6 is 0 Å². The summed E-state index contributed by atoms with van der Waals surface area (Å²) in [7, 11) is 0. The van der Waals surface area contributed by atoms with Crippen LogP contribution in [0.2, 0.25) is 0 Å². The van der Waals surface area contributed by atoms with Gasteiger partial charge in [-0.05, 0) is 18.4 Å². The average molecular weight is 291 g/mol. The zero-order valence-electron chi connectivity index (χ0n) is 12.8. The minimum Gasteiger partial charge on any atom is -0.388 e. The van der Waals surface area contributed by atoms with Crippen LogP contribution in [0.3, 0.4) is 0 Å². The van der Waals surface area contributed by atoms with Gasteiger partial charge in [0.2, 0.25) is 0 Å². The van der Waals surface area contributed by atoms with Crippen molar-refractivity contribution in [3.8, 4) is 0 Å². The van der Waals surface area contributed by atoms with Gasteiger partial charge in [-0.3, -0.25) is 0 Å². The third-order valence-electron chi connectivity index (χ3n) is 3.16. The van der Waals surface area contributed by atoms with E-state index < -0.39 is 30.7 Å². The summed E-state index contributed by atoms with van der Waals surface area (Å²) in [6.45, 7) is 9.77. The van der Waals surface area contributed by atoms with Gasteiger partial charge in [0.1, 0.15) is 24.4 Å². The second-order valence-corrected chi connectivity index (χ2v) is 6.29. The fraction of sp³-hybridized carbons (Fsp3) is 1.00. The molecular formula is C14H29NO5. The lowest BCUT2D eigenvalue weighted by Crippen LogP contribution is -2.60. The van der Waals surface area contributed by atoms with Gasteiger partial charge in [0.25, 0.3) is 0 Å². The molecule has 0 amide bonds. The molecule has 0 aromatic carbocycles. The maximum atomic E-state index is 9.94. The fourth-order valence-corrected chi connectivity index (χ4v) is 2.02. The quantitative estimate of drug-likeness (QED) is 0.515. The monoisotopic (exact) mass is 291 g/mol. The SMILES string of the molecule is CC(C)CNC[C@H]1OC(OCC(C)C)[C@H](O)[C@@H](O)[C@@H]1O. The van der Waals surface area contributed by atoms with Crippen LogP contribution in [0.25, 0.3) is 0 Å². The van der Waals surface area contributed by atoms with Gasteiger partial charge in [0.05, 0.1) is 6.61 Å². The summed E-state index contributed by atoms with van der Waals surface area (Å²) >= 11 is 0. The molecule has 1 rings (SSSR count). The summed E-state index contributed by atoms with van der Waals surface area (Å²) in [5, 5.41) is 32.9. The molecule has 20 heavy (non-hydrogen) atoms. The Balaban J connectivity index is 2.52. The maximum Gasteiger partial charge on any atom is 0.186 e. The van der Waals surface area contributed by atoms with Crippen molar-refractivity contribution < 1.29 is 24.8 Å². The largest absolute Gasteiger partial charge is 0.388 e. The normalized spacial score (nSPS) is 35.0. The molecule has 1 unspecified atom stereocenters. The summed E-state index contributed by atoms with van der Waals surface area (Å²) in [4.78, 5) is 0. The molecule has 1 aliphatic heterocycles. The first-order valence-electron chi connectivity index (χ1n) is 7.34. The van der Waals surface area contributed by atoms with Gasteiger partial charge in [-0.2, -0.15) is 0 Å². The first-order chi connectivity index (χ1) is 9.32. The zero-order chi connectivity index (χ0) is 15.3. The second kappa shape index (κ2) is 8.26. The van der Waals surface area contributed by atoms with Gasteiger partial charge in [-0.15, -0.1) is 0 Å². The van der Waals surface area contributed by atoms with Crippen molar-refractivity contribution in [3.63, 3.8) is 0 Å². The van der Waals surface area contributed by atoms with Crippen LogP contribution in [0.5, 0.6) is 0 Å². The van der Waals surface area contributed by atoms with E-state index in [-0.39, 0.29) is 0 Å². The van der Waals surface area contributed by atoms with E-state index in [1.165, 1.54) is 0 Å². The van der Waals surface area contributed by atoms with Crippen LogP contribution in [0.4, 0.5) is 0 Å². The summed E-state index contributed by atoms with van der Waals surface area (Å²) in [6.07, 6.45) is -5.11. The Morgan fingerprint density at radius 3 is 2.20 bits per heavy atom. The molecule has 0 radical (unpaired) electrons. The molecule has 6 nitrogen and oxygen atoms in total. The third-order valence-corrected chi connectivity index (χ3v) is 3.16. The molecule has 5 atom stereocenters. The molecule has 0 aromatic rings. The summed E-state index contributed by atoms with van der Waals surface area (Å²) in [6, 6.07) is 0. The Bertz CT molecular complexity index is 272. The average Bonchev–Trinajstić information content (AvgIpc) is 2.37. The third kappa shape index (κ3) is 5.27. The zero-order valence-corrected chi connectivity index (χ0v) is 12.8. The van der Waals surface area contributed by atoms with Gasteiger partial charge in [-0.1, -0.05) is 27.7 Å². The van der Waals surface area contributed by atoms with Crippen LogP contribution in [-0.4, -0.2) is 65.7 Å².